The lowest BCUT2D eigenvalue weighted by Crippen LogP contribution is -2.49. The van der Waals surface area contributed by atoms with Gasteiger partial charge in [0.15, 0.2) is 9.84 Å². The van der Waals surface area contributed by atoms with E-state index in [4.69, 9.17) is 5.11 Å². The minimum Gasteiger partial charge on any atom is -0.480 e. The number of rotatable bonds is 6. The molecule has 7 nitrogen and oxygen atoms in total. The molecule has 1 unspecified atom stereocenters. The minimum absolute atomic E-state index is 0.0585. The number of carboxylic acid groups (broad SMARTS) is 1. The van der Waals surface area contributed by atoms with E-state index in [0.29, 0.717) is 19.3 Å². The van der Waals surface area contributed by atoms with Crippen molar-refractivity contribution in [1.82, 2.24) is 4.31 Å². The number of carboxylic acids is 1. The largest absolute Gasteiger partial charge is 0.480 e. The van der Waals surface area contributed by atoms with Crippen LogP contribution in [0.15, 0.2) is 0 Å². The van der Waals surface area contributed by atoms with E-state index in [1.165, 1.54) is 13.8 Å². The molecule has 1 aliphatic rings. The van der Waals surface area contributed by atoms with Crippen LogP contribution in [0.2, 0.25) is 0 Å². The van der Waals surface area contributed by atoms with Gasteiger partial charge in [-0.15, -0.1) is 0 Å². The van der Waals surface area contributed by atoms with E-state index in [0.717, 1.165) is 10.6 Å². The van der Waals surface area contributed by atoms with Gasteiger partial charge in [0.05, 0.1) is 10.5 Å². The van der Waals surface area contributed by atoms with E-state index in [9.17, 15) is 21.6 Å². The van der Waals surface area contributed by atoms with E-state index >= 15 is 0 Å². The molecule has 0 amide bonds. The van der Waals surface area contributed by atoms with Gasteiger partial charge in [0.2, 0.25) is 10.0 Å². The van der Waals surface area contributed by atoms with Gasteiger partial charge in [-0.3, -0.25) is 4.79 Å². The lowest BCUT2D eigenvalue weighted by molar-refractivity contribution is -0.142. The molecule has 1 N–H and O–H groups in total. The first-order valence-corrected chi connectivity index (χ1v) is 10.3. The van der Waals surface area contributed by atoms with Crippen LogP contribution in [-0.4, -0.2) is 61.6 Å². The van der Waals surface area contributed by atoms with Gasteiger partial charge in [-0.25, -0.2) is 16.8 Å². The number of sulfone groups is 1. The topological polar surface area (TPSA) is 109 Å². The molecule has 1 rings (SSSR count). The van der Waals surface area contributed by atoms with E-state index in [2.05, 4.69) is 0 Å². The molecule has 1 heterocycles. The average Bonchev–Trinajstić information content (AvgIpc) is 2.35. The van der Waals surface area contributed by atoms with Crippen molar-refractivity contribution in [1.29, 1.82) is 0 Å². The maximum absolute atomic E-state index is 12.3. The molecule has 1 aliphatic heterocycles. The van der Waals surface area contributed by atoms with Crippen LogP contribution in [0.1, 0.15) is 39.5 Å². The number of aliphatic carboxylic acids is 1. The second-order valence-electron chi connectivity index (χ2n) is 6.06. The van der Waals surface area contributed by atoms with Crippen molar-refractivity contribution in [2.24, 2.45) is 0 Å². The molecule has 0 radical (unpaired) electrons. The smallest absolute Gasteiger partial charge is 0.322 e. The Morgan fingerprint density at radius 1 is 1.24 bits per heavy atom. The van der Waals surface area contributed by atoms with Crippen LogP contribution < -0.4 is 0 Å². The lowest BCUT2D eigenvalue weighted by atomic mass is 10.1. The Kier molecular flexibility index (Phi) is 5.44. The number of hydrogen-bond donors (Lipinski definition) is 1. The number of hydrogen-bond acceptors (Lipinski definition) is 5. The number of carbonyl (C=O) groups is 1. The van der Waals surface area contributed by atoms with Crippen LogP contribution in [0.4, 0.5) is 0 Å². The zero-order valence-corrected chi connectivity index (χ0v) is 14.2. The van der Waals surface area contributed by atoms with Crippen LogP contribution in [-0.2, 0) is 24.7 Å². The summed E-state index contributed by atoms with van der Waals surface area (Å²) in [5, 5.41) is 9.13. The molecule has 124 valence electrons. The molecule has 0 bridgehead atoms. The van der Waals surface area contributed by atoms with Crippen LogP contribution in [0.3, 0.4) is 0 Å². The summed E-state index contributed by atoms with van der Waals surface area (Å²) in [7, 11) is -7.17. The van der Waals surface area contributed by atoms with Crippen molar-refractivity contribution in [2.75, 3.05) is 18.6 Å². The third kappa shape index (κ3) is 4.40. The summed E-state index contributed by atoms with van der Waals surface area (Å²) in [5.74, 6) is -1.52. The molecule has 0 aromatic rings. The third-order valence-electron chi connectivity index (χ3n) is 4.06. The maximum atomic E-state index is 12.3. The first-order chi connectivity index (χ1) is 9.38. The monoisotopic (exact) mass is 341 g/mol. The fourth-order valence-electron chi connectivity index (χ4n) is 2.16. The fourth-order valence-corrected chi connectivity index (χ4v) is 4.76. The van der Waals surface area contributed by atoms with Gasteiger partial charge in [-0.05, 0) is 39.5 Å². The molecular weight excluding hydrogens is 318 g/mol. The summed E-state index contributed by atoms with van der Waals surface area (Å²) in [5.41, 5.74) is 0. The predicted molar refractivity (Wildman–Crippen MR) is 79.3 cm³/mol. The van der Waals surface area contributed by atoms with Gasteiger partial charge in [-0.2, -0.15) is 4.31 Å². The highest BCUT2D eigenvalue weighted by Gasteiger charge is 2.39. The average molecular weight is 341 g/mol. The summed E-state index contributed by atoms with van der Waals surface area (Å²) in [6, 6.07) is -1.04. The number of piperidine rings is 1. The first kappa shape index (κ1) is 18.4. The van der Waals surface area contributed by atoms with Gasteiger partial charge in [0.25, 0.3) is 0 Å². The molecule has 21 heavy (non-hydrogen) atoms. The molecule has 0 aliphatic carbocycles. The zero-order valence-electron chi connectivity index (χ0n) is 12.6. The molecule has 1 fully saturated rings. The normalized spacial score (nSPS) is 22.1. The first-order valence-electron chi connectivity index (χ1n) is 6.80. The maximum Gasteiger partial charge on any atom is 0.322 e. The van der Waals surface area contributed by atoms with E-state index in [-0.39, 0.29) is 18.7 Å². The molecule has 0 aromatic heterocycles. The molecular formula is C12H23NO6S2. The molecule has 1 atom stereocenters. The Labute approximate surface area is 126 Å². The standard InChI is InChI=1S/C12H23NO6S2/c1-12(2,20(3,16)17)7-9-21(18,19)13-8-5-4-6-10(13)11(14)15/h10H,4-9H2,1-3H3,(H,14,15). The summed E-state index contributed by atoms with van der Waals surface area (Å²) >= 11 is 0. The van der Waals surface area contributed by atoms with Gasteiger partial charge >= 0.3 is 5.97 Å². The van der Waals surface area contributed by atoms with Crippen molar-refractivity contribution >= 4 is 25.8 Å². The quantitative estimate of drug-likeness (QED) is 0.752. The second-order valence-corrected chi connectivity index (χ2v) is 10.7. The fraction of sp³-hybridized carbons (Fsp3) is 0.917. The molecule has 0 aromatic carbocycles. The van der Waals surface area contributed by atoms with Gasteiger partial charge < -0.3 is 5.11 Å². The number of sulfonamides is 1. The highest BCUT2D eigenvalue weighted by molar-refractivity contribution is 7.92. The summed E-state index contributed by atoms with van der Waals surface area (Å²) < 4.78 is 47.8. The zero-order chi connectivity index (χ0) is 16.5. The summed E-state index contributed by atoms with van der Waals surface area (Å²) in [6.07, 6.45) is 2.61. The SMILES string of the molecule is CC(C)(CCS(=O)(=O)N1CCCCC1C(=O)O)S(C)(=O)=O. The minimum atomic E-state index is -3.78. The van der Waals surface area contributed by atoms with Crippen molar-refractivity contribution in [2.45, 2.75) is 50.3 Å². The van der Waals surface area contributed by atoms with Crippen molar-refractivity contribution in [3.63, 3.8) is 0 Å². The Hall–Kier alpha value is -0.670. The Balaban J connectivity index is 2.88. The van der Waals surface area contributed by atoms with Crippen LogP contribution in [0, 0.1) is 0 Å². The van der Waals surface area contributed by atoms with Crippen LogP contribution >= 0.6 is 0 Å². The van der Waals surface area contributed by atoms with E-state index in [1.54, 1.807) is 0 Å². The van der Waals surface area contributed by atoms with E-state index < -0.39 is 36.6 Å². The van der Waals surface area contributed by atoms with Crippen LogP contribution in [0.5, 0.6) is 0 Å². The van der Waals surface area contributed by atoms with Gasteiger partial charge in [0.1, 0.15) is 6.04 Å². The number of nitrogens with zero attached hydrogens (tertiary/aromatic N) is 1. The van der Waals surface area contributed by atoms with Crippen molar-refractivity contribution in [3.05, 3.63) is 0 Å². The summed E-state index contributed by atoms with van der Waals surface area (Å²) in [4.78, 5) is 11.2. The highest BCUT2D eigenvalue weighted by Crippen LogP contribution is 2.25. The lowest BCUT2D eigenvalue weighted by Gasteiger charge is -2.33. The predicted octanol–water partition coefficient (Wildman–Crippen LogP) is 0.469. The van der Waals surface area contributed by atoms with Crippen LogP contribution in [0.25, 0.3) is 0 Å². The van der Waals surface area contributed by atoms with Crippen molar-refractivity contribution < 1.29 is 26.7 Å². The Morgan fingerprint density at radius 2 is 1.81 bits per heavy atom. The molecule has 0 saturated carbocycles. The Bertz CT molecular complexity index is 593. The van der Waals surface area contributed by atoms with Gasteiger partial charge in [-0.1, -0.05) is 0 Å². The summed E-state index contributed by atoms with van der Waals surface area (Å²) in [6.45, 7) is 3.13. The highest BCUT2D eigenvalue weighted by atomic mass is 32.2. The molecule has 9 heteroatoms. The third-order valence-corrected chi connectivity index (χ3v) is 8.15. The second kappa shape index (κ2) is 6.21. The molecule has 1 saturated heterocycles. The Morgan fingerprint density at radius 3 is 2.29 bits per heavy atom. The molecule has 0 spiro atoms. The van der Waals surface area contributed by atoms with Crippen molar-refractivity contribution in [3.8, 4) is 0 Å². The van der Waals surface area contributed by atoms with Gasteiger partial charge in [0, 0.05) is 12.8 Å². The van der Waals surface area contributed by atoms with E-state index in [1.807, 2.05) is 0 Å².